The van der Waals surface area contributed by atoms with E-state index in [2.05, 4.69) is 25.6 Å². The fourth-order valence-corrected chi connectivity index (χ4v) is 2.37. The van der Waals surface area contributed by atoms with Crippen molar-refractivity contribution in [2.75, 3.05) is 17.7 Å². The number of para-hydroxylation sites is 1. The second-order valence-electron chi connectivity index (χ2n) is 5.77. The van der Waals surface area contributed by atoms with Gasteiger partial charge in [0.2, 0.25) is 0 Å². The van der Waals surface area contributed by atoms with E-state index in [9.17, 15) is 9.59 Å². The molecule has 0 saturated heterocycles. The van der Waals surface area contributed by atoms with Crippen LogP contribution in [0, 0.1) is 6.92 Å². The molecule has 0 aliphatic carbocycles. The first-order chi connectivity index (χ1) is 13.1. The second kappa shape index (κ2) is 8.09. The second-order valence-corrected chi connectivity index (χ2v) is 5.77. The smallest absolute Gasteiger partial charge is 0.337 e. The van der Waals surface area contributed by atoms with Crippen molar-refractivity contribution < 1.29 is 14.3 Å². The Morgan fingerprint density at radius 2 is 1.67 bits per heavy atom. The summed E-state index contributed by atoms with van der Waals surface area (Å²) in [4.78, 5) is 23.7. The molecule has 0 saturated carbocycles. The van der Waals surface area contributed by atoms with Gasteiger partial charge in [-0.05, 0) is 55.0 Å². The predicted octanol–water partition coefficient (Wildman–Crippen LogP) is 3.57. The highest BCUT2D eigenvalue weighted by Crippen LogP contribution is 2.17. The Hall–Kier alpha value is -3.74. The molecule has 1 amide bonds. The molecule has 1 heterocycles. The lowest BCUT2D eigenvalue weighted by Crippen LogP contribution is -2.15. The standard InChI is InChI=1S/C20H18N4O3/c1-13-5-3-4-6-16(13)22-19(25)17-11-12-18(24-23-17)21-15-9-7-14(8-10-15)20(26)27-2/h3-12H,1-2H3,(H,21,24)(H,22,25). The number of benzene rings is 2. The van der Waals surface area contributed by atoms with Gasteiger partial charge in [0.05, 0.1) is 12.7 Å². The number of rotatable bonds is 5. The zero-order valence-electron chi connectivity index (χ0n) is 14.9. The Morgan fingerprint density at radius 3 is 2.30 bits per heavy atom. The largest absolute Gasteiger partial charge is 0.465 e. The number of aryl methyl sites for hydroxylation is 1. The molecule has 0 aliphatic heterocycles. The van der Waals surface area contributed by atoms with Crippen LogP contribution in [0.1, 0.15) is 26.4 Å². The van der Waals surface area contributed by atoms with Gasteiger partial charge in [0, 0.05) is 11.4 Å². The molecule has 1 aromatic heterocycles. The first-order valence-electron chi connectivity index (χ1n) is 8.23. The molecule has 136 valence electrons. The zero-order valence-corrected chi connectivity index (χ0v) is 14.9. The molecule has 7 nitrogen and oxygen atoms in total. The van der Waals surface area contributed by atoms with Gasteiger partial charge in [0.15, 0.2) is 11.5 Å². The Kier molecular flexibility index (Phi) is 5.41. The third kappa shape index (κ3) is 4.46. The van der Waals surface area contributed by atoms with Crippen molar-refractivity contribution in [1.29, 1.82) is 0 Å². The van der Waals surface area contributed by atoms with Crippen LogP contribution in [-0.4, -0.2) is 29.2 Å². The predicted molar refractivity (Wildman–Crippen MR) is 102 cm³/mol. The summed E-state index contributed by atoms with van der Waals surface area (Å²) >= 11 is 0. The maximum Gasteiger partial charge on any atom is 0.337 e. The first kappa shape index (κ1) is 18.1. The van der Waals surface area contributed by atoms with E-state index in [0.29, 0.717) is 11.4 Å². The summed E-state index contributed by atoms with van der Waals surface area (Å²) in [5.74, 6) is -0.246. The van der Waals surface area contributed by atoms with E-state index in [1.165, 1.54) is 7.11 Å². The summed E-state index contributed by atoms with van der Waals surface area (Å²) in [6, 6.07) is 17.5. The Labute approximate surface area is 156 Å². The molecule has 0 unspecified atom stereocenters. The van der Waals surface area contributed by atoms with Gasteiger partial charge in [0.25, 0.3) is 5.91 Å². The van der Waals surface area contributed by atoms with Crippen LogP contribution in [-0.2, 0) is 4.74 Å². The lowest BCUT2D eigenvalue weighted by Gasteiger charge is -2.08. The minimum atomic E-state index is -0.398. The molecule has 27 heavy (non-hydrogen) atoms. The van der Waals surface area contributed by atoms with Crippen molar-refractivity contribution >= 4 is 29.1 Å². The van der Waals surface area contributed by atoms with Gasteiger partial charge in [-0.3, -0.25) is 4.79 Å². The normalized spacial score (nSPS) is 10.1. The average molecular weight is 362 g/mol. The molecule has 0 spiro atoms. The van der Waals surface area contributed by atoms with Gasteiger partial charge in [-0.2, -0.15) is 0 Å². The number of hydrogen-bond donors (Lipinski definition) is 2. The SMILES string of the molecule is COC(=O)c1ccc(Nc2ccc(C(=O)Nc3ccccc3C)nn2)cc1. The maximum absolute atomic E-state index is 12.3. The fourth-order valence-electron chi connectivity index (χ4n) is 2.37. The maximum atomic E-state index is 12.3. The number of aromatic nitrogens is 2. The number of esters is 1. The number of carbonyl (C=O) groups excluding carboxylic acids is 2. The average Bonchev–Trinajstić information content (AvgIpc) is 2.70. The van der Waals surface area contributed by atoms with Crippen molar-refractivity contribution in [3.63, 3.8) is 0 Å². The van der Waals surface area contributed by atoms with Crippen molar-refractivity contribution in [3.05, 3.63) is 77.5 Å². The van der Waals surface area contributed by atoms with Gasteiger partial charge in [-0.15, -0.1) is 10.2 Å². The summed E-state index contributed by atoms with van der Waals surface area (Å²) in [5.41, 5.74) is 3.10. The zero-order chi connectivity index (χ0) is 19.2. The van der Waals surface area contributed by atoms with E-state index in [-0.39, 0.29) is 11.6 Å². The van der Waals surface area contributed by atoms with Crippen LogP contribution >= 0.6 is 0 Å². The highest BCUT2D eigenvalue weighted by atomic mass is 16.5. The Bertz CT molecular complexity index is 954. The minimum Gasteiger partial charge on any atom is -0.465 e. The van der Waals surface area contributed by atoms with Gasteiger partial charge >= 0.3 is 5.97 Å². The van der Waals surface area contributed by atoms with E-state index < -0.39 is 5.97 Å². The number of hydrogen-bond acceptors (Lipinski definition) is 6. The first-order valence-corrected chi connectivity index (χ1v) is 8.23. The van der Waals surface area contributed by atoms with Gasteiger partial charge < -0.3 is 15.4 Å². The molecule has 0 aliphatic rings. The number of ether oxygens (including phenoxy) is 1. The summed E-state index contributed by atoms with van der Waals surface area (Å²) in [7, 11) is 1.33. The van der Waals surface area contributed by atoms with Crippen LogP contribution in [0.4, 0.5) is 17.2 Å². The Balaban J connectivity index is 1.65. The summed E-state index contributed by atoms with van der Waals surface area (Å²) in [6.45, 7) is 1.92. The lowest BCUT2D eigenvalue weighted by atomic mass is 10.2. The van der Waals surface area contributed by atoms with Gasteiger partial charge in [-0.25, -0.2) is 4.79 Å². The molecule has 3 rings (SSSR count). The van der Waals surface area contributed by atoms with Crippen LogP contribution in [0.25, 0.3) is 0 Å². The van der Waals surface area contributed by atoms with Gasteiger partial charge in [-0.1, -0.05) is 18.2 Å². The fraction of sp³-hybridized carbons (Fsp3) is 0.100. The lowest BCUT2D eigenvalue weighted by molar-refractivity contribution is 0.0600. The molecule has 0 radical (unpaired) electrons. The molecule has 0 fully saturated rings. The number of nitrogens with one attached hydrogen (secondary N) is 2. The summed E-state index contributed by atoms with van der Waals surface area (Å²) < 4.78 is 4.66. The molecule has 3 aromatic rings. The van der Waals surface area contributed by atoms with Crippen LogP contribution in [0.3, 0.4) is 0 Å². The molecule has 2 aromatic carbocycles. The Morgan fingerprint density at radius 1 is 0.926 bits per heavy atom. The molecule has 0 bridgehead atoms. The van der Waals surface area contributed by atoms with Crippen LogP contribution in [0.5, 0.6) is 0 Å². The van der Waals surface area contributed by atoms with E-state index in [0.717, 1.165) is 16.9 Å². The number of anilines is 3. The van der Waals surface area contributed by atoms with Crippen LogP contribution in [0.15, 0.2) is 60.7 Å². The number of carbonyl (C=O) groups is 2. The van der Waals surface area contributed by atoms with E-state index in [4.69, 9.17) is 0 Å². The van der Waals surface area contributed by atoms with Crippen LogP contribution in [0.2, 0.25) is 0 Å². The highest BCUT2D eigenvalue weighted by Gasteiger charge is 2.10. The van der Waals surface area contributed by atoms with Crippen molar-refractivity contribution in [2.45, 2.75) is 6.92 Å². The molecule has 0 atom stereocenters. The molecule has 2 N–H and O–H groups in total. The molecular weight excluding hydrogens is 344 g/mol. The van der Waals surface area contributed by atoms with E-state index >= 15 is 0 Å². The molecular formula is C20H18N4O3. The van der Waals surface area contributed by atoms with Crippen molar-refractivity contribution in [2.24, 2.45) is 0 Å². The van der Waals surface area contributed by atoms with Crippen molar-refractivity contribution in [1.82, 2.24) is 10.2 Å². The third-order valence-corrected chi connectivity index (χ3v) is 3.87. The minimum absolute atomic E-state index is 0.213. The van der Waals surface area contributed by atoms with Crippen molar-refractivity contribution in [3.8, 4) is 0 Å². The quantitative estimate of drug-likeness (QED) is 0.674. The number of nitrogens with zero attached hydrogens (tertiary/aromatic N) is 2. The monoisotopic (exact) mass is 362 g/mol. The topological polar surface area (TPSA) is 93.2 Å². The third-order valence-electron chi connectivity index (χ3n) is 3.87. The summed E-state index contributed by atoms with van der Waals surface area (Å²) in [5, 5.41) is 13.8. The van der Waals surface area contributed by atoms with Gasteiger partial charge in [0.1, 0.15) is 0 Å². The summed E-state index contributed by atoms with van der Waals surface area (Å²) in [6.07, 6.45) is 0. The van der Waals surface area contributed by atoms with Crippen LogP contribution < -0.4 is 10.6 Å². The highest BCUT2D eigenvalue weighted by molar-refractivity contribution is 6.03. The number of amides is 1. The van der Waals surface area contributed by atoms with E-state index in [1.807, 2.05) is 31.2 Å². The number of methoxy groups -OCH3 is 1. The molecule has 7 heteroatoms. The van der Waals surface area contributed by atoms with E-state index in [1.54, 1.807) is 36.4 Å².